The van der Waals surface area contributed by atoms with Crippen LogP contribution in [0, 0.1) is 5.92 Å². The molecule has 0 aromatic rings. The monoisotopic (exact) mass is 262 g/mol. The molecule has 0 aromatic carbocycles. The van der Waals surface area contributed by atoms with Crippen LogP contribution in [0.25, 0.3) is 0 Å². The van der Waals surface area contributed by atoms with Crippen molar-refractivity contribution in [1.82, 2.24) is 10.2 Å². The van der Waals surface area contributed by atoms with Gasteiger partial charge in [0.15, 0.2) is 0 Å². The van der Waals surface area contributed by atoms with Gasteiger partial charge in [0, 0.05) is 19.7 Å². The Hall–Kier alpha value is -0.320. The number of carbonyl (C=O) groups excluding carboxylic acids is 1. The molecule has 0 aromatic heterocycles. The minimum atomic E-state index is -0.327. The summed E-state index contributed by atoms with van der Waals surface area (Å²) in [6, 6.07) is 0. The van der Waals surface area contributed by atoms with E-state index in [-0.39, 0.29) is 30.5 Å². The molecule has 0 bridgehead atoms. The van der Waals surface area contributed by atoms with E-state index >= 15 is 0 Å². The van der Waals surface area contributed by atoms with Gasteiger partial charge in [-0.2, -0.15) is 0 Å². The number of nitrogens with zero attached hydrogens (tertiary/aromatic N) is 1. The first-order valence-electron chi connectivity index (χ1n) is 6.31. The molecule has 17 heavy (non-hydrogen) atoms. The van der Waals surface area contributed by atoms with E-state index in [4.69, 9.17) is 5.11 Å². The minimum Gasteiger partial charge on any atom is -0.396 e. The number of hydrogen-bond acceptors (Lipinski definition) is 3. The zero-order chi connectivity index (χ0) is 11.6. The Bertz CT molecular complexity index is 259. The van der Waals surface area contributed by atoms with Crippen molar-refractivity contribution in [2.24, 2.45) is 5.92 Å². The number of aliphatic hydroxyl groups excluding tert-OH is 1. The number of rotatable bonds is 2. The molecule has 1 amide bonds. The molecule has 2 heterocycles. The van der Waals surface area contributed by atoms with Gasteiger partial charge < -0.3 is 15.3 Å². The van der Waals surface area contributed by atoms with Crippen molar-refractivity contribution < 1.29 is 9.90 Å². The van der Waals surface area contributed by atoms with Gasteiger partial charge in [-0.25, -0.2) is 0 Å². The Morgan fingerprint density at radius 1 is 1.47 bits per heavy atom. The van der Waals surface area contributed by atoms with E-state index in [0.717, 1.165) is 45.3 Å². The van der Waals surface area contributed by atoms with Crippen LogP contribution in [0.2, 0.25) is 0 Å². The normalized spacial score (nSPS) is 30.1. The van der Waals surface area contributed by atoms with Gasteiger partial charge in [0.05, 0.1) is 5.54 Å². The average molecular weight is 263 g/mol. The minimum absolute atomic E-state index is 0. The number of piperidine rings is 1. The maximum absolute atomic E-state index is 12.3. The lowest BCUT2D eigenvalue weighted by atomic mass is 9.93. The molecule has 4 nitrogen and oxygen atoms in total. The van der Waals surface area contributed by atoms with Gasteiger partial charge in [0.25, 0.3) is 0 Å². The molecule has 0 spiro atoms. The van der Waals surface area contributed by atoms with Gasteiger partial charge in [0.2, 0.25) is 5.91 Å². The molecule has 0 aliphatic carbocycles. The Morgan fingerprint density at radius 2 is 2.12 bits per heavy atom. The third-order valence-electron chi connectivity index (χ3n) is 4.00. The first-order valence-corrected chi connectivity index (χ1v) is 6.31. The van der Waals surface area contributed by atoms with Crippen LogP contribution >= 0.6 is 12.4 Å². The molecule has 0 radical (unpaired) electrons. The topological polar surface area (TPSA) is 52.6 Å². The number of nitrogens with one attached hydrogen (secondary N) is 1. The van der Waals surface area contributed by atoms with Crippen molar-refractivity contribution in [3.63, 3.8) is 0 Å². The van der Waals surface area contributed by atoms with Gasteiger partial charge in [0.1, 0.15) is 0 Å². The van der Waals surface area contributed by atoms with E-state index in [2.05, 4.69) is 5.32 Å². The van der Waals surface area contributed by atoms with E-state index in [1.807, 2.05) is 11.8 Å². The van der Waals surface area contributed by atoms with Gasteiger partial charge in [-0.1, -0.05) is 0 Å². The van der Waals surface area contributed by atoms with Crippen LogP contribution in [0.15, 0.2) is 0 Å². The summed E-state index contributed by atoms with van der Waals surface area (Å²) in [6.07, 6.45) is 3.93. The smallest absolute Gasteiger partial charge is 0.242 e. The SMILES string of the molecule is CC1(C(=O)N2CCC(CO)CC2)CCCN1.Cl. The van der Waals surface area contributed by atoms with Crippen molar-refractivity contribution in [2.75, 3.05) is 26.2 Å². The first kappa shape index (κ1) is 14.7. The molecule has 0 saturated carbocycles. The summed E-state index contributed by atoms with van der Waals surface area (Å²) in [5.41, 5.74) is -0.327. The molecule has 2 N–H and O–H groups in total. The van der Waals surface area contributed by atoms with Crippen molar-refractivity contribution in [3.05, 3.63) is 0 Å². The Kier molecular flexibility index (Phi) is 5.22. The van der Waals surface area contributed by atoms with Crippen molar-refractivity contribution in [3.8, 4) is 0 Å². The highest BCUT2D eigenvalue weighted by atomic mass is 35.5. The second-order valence-corrected chi connectivity index (χ2v) is 5.28. The molecule has 2 aliphatic heterocycles. The summed E-state index contributed by atoms with van der Waals surface area (Å²) in [7, 11) is 0. The molecule has 1 atom stereocenters. The molecule has 2 saturated heterocycles. The highest BCUT2D eigenvalue weighted by Crippen LogP contribution is 2.24. The van der Waals surface area contributed by atoms with Gasteiger partial charge >= 0.3 is 0 Å². The first-order chi connectivity index (χ1) is 7.65. The molecule has 1 unspecified atom stereocenters. The third-order valence-corrected chi connectivity index (χ3v) is 4.00. The van der Waals surface area contributed by atoms with Crippen molar-refractivity contribution in [1.29, 1.82) is 0 Å². The summed E-state index contributed by atoms with van der Waals surface area (Å²) in [6.45, 7) is 4.84. The van der Waals surface area contributed by atoms with Gasteiger partial charge in [-0.3, -0.25) is 4.79 Å². The van der Waals surface area contributed by atoms with Crippen LogP contribution in [0.1, 0.15) is 32.6 Å². The quantitative estimate of drug-likeness (QED) is 0.773. The predicted octanol–water partition coefficient (Wildman–Crippen LogP) is 0.781. The van der Waals surface area contributed by atoms with Crippen LogP contribution in [0.5, 0.6) is 0 Å². The highest BCUT2D eigenvalue weighted by Gasteiger charge is 2.39. The van der Waals surface area contributed by atoms with Crippen LogP contribution in [-0.2, 0) is 4.79 Å². The van der Waals surface area contributed by atoms with Crippen molar-refractivity contribution in [2.45, 2.75) is 38.1 Å². The van der Waals surface area contributed by atoms with Crippen LogP contribution in [0.4, 0.5) is 0 Å². The second-order valence-electron chi connectivity index (χ2n) is 5.28. The fourth-order valence-electron chi connectivity index (χ4n) is 2.74. The summed E-state index contributed by atoms with van der Waals surface area (Å²) >= 11 is 0. The number of aliphatic hydroxyl groups is 1. The zero-order valence-corrected chi connectivity index (χ0v) is 11.3. The maximum Gasteiger partial charge on any atom is 0.242 e. The summed E-state index contributed by atoms with van der Waals surface area (Å²) < 4.78 is 0. The lowest BCUT2D eigenvalue weighted by Crippen LogP contribution is -2.54. The predicted molar refractivity (Wildman–Crippen MR) is 69.3 cm³/mol. The van der Waals surface area contributed by atoms with E-state index in [9.17, 15) is 4.79 Å². The molecule has 100 valence electrons. The third kappa shape index (κ3) is 3.12. The lowest BCUT2D eigenvalue weighted by molar-refractivity contribution is -0.138. The molecule has 5 heteroatoms. The largest absolute Gasteiger partial charge is 0.396 e. The van der Waals surface area contributed by atoms with E-state index in [0.29, 0.717) is 5.92 Å². The Morgan fingerprint density at radius 3 is 2.59 bits per heavy atom. The molecule has 2 aliphatic rings. The summed E-state index contributed by atoms with van der Waals surface area (Å²) in [5.74, 6) is 0.648. The number of likely N-dealkylation sites (tertiary alicyclic amines) is 1. The van der Waals surface area contributed by atoms with Crippen LogP contribution in [0.3, 0.4) is 0 Å². The number of amides is 1. The van der Waals surface area contributed by atoms with Gasteiger partial charge in [-0.15, -0.1) is 12.4 Å². The summed E-state index contributed by atoms with van der Waals surface area (Å²) in [5, 5.41) is 12.4. The number of carbonyl (C=O) groups is 1. The summed E-state index contributed by atoms with van der Waals surface area (Å²) in [4.78, 5) is 14.3. The standard InChI is InChI=1S/C12H22N2O2.ClH/c1-12(5-2-6-13-12)11(16)14-7-3-10(9-15)4-8-14;/h10,13,15H,2-9H2,1H3;1H. The fourth-order valence-corrected chi connectivity index (χ4v) is 2.74. The number of hydrogen-bond donors (Lipinski definition) is 2. The van der Waals surface area contributed by atoms with Crippen molar-refractivity contribution >= 4 is 18.3 Å². The Balaban J connectivity index is 0.00000144. The van der Waals surface area contributed by atoms with E-state index in [1.54, 1.807) is 0 Å². The lowest BCUT2D eigenvalue weighted by Gasteiger charge is -2.36. The van der Waals surface area contributed by atoms with Crippen LogP contribution < -0.4 is 5.32 Å². The fraction of sp³-hybridized carbons (Fsp3) is 0.917. The molecular formula is C12H23ClN2O2. The molecule has 2 fully saturated rings. The highest BCUT2D eigenvalue weighted by molar-refractivity contribution is 5.86. The van der Waals surface area contributed by atoms with E-state index in [1.165, 1.54) is 0 Å². The Labute approximate surface area is 109 Å². The molecule has 2 rings (SSSR count). The van der Waals surface area contributed by atoms with Gasteiger partial charge in [-0.05, 0) is 45.1 Å². The van der Waals surface area contributed by atoms with Crippen LogP contribution in [-0.4, -0.2) is 47.7 Å². The maximum atomic E-state index is 12.3. The van der Waals surface area contributed by atoms with E-state index < -0.39 is 0 Å². The average Bonchev–Trinajstić information content (AvgIpc) is 2.77. The zero-order valence-electron chi connectivity index (χ0n) is 10.4. The number of halogens is 1. The molecular weight excluding hydrogens is 240 g/mol. The second kappa shape index (κ2) is 6.03.